The number of phenols is 2. The Morgan fingerprint density at radius 1 is 1.11 bits per heavy atom. The minimum absolute atomic E-state index is 0.0723. The summed E-state index contributed by atoms with van der Waals surface area (Å²) in [6.45, 7) is 0. The zero-order valence-corrected chi connectivity index (χ0v) is 14.0. The number of fused-ring (bicyclic) bond motifs is 3. The molecule has 1 spiro atoms. The lowest BCUT2D eigenvalue weighted by Gasteiger charge is -2.18. The summed E-state index contributed by atoms with van der Waals surface area (Å²) in [4.78, 5) is 35.7. The van der Waals surface area contributed by atoms with Gasteiger partial charge in [0.1, 0.15) is 5.75 Å². The number of allylic oxidation sites excluding steroid dienone is 2. The fraction of sp³-hybridized carbons (Fsp3) is 0.389. The molecule has 2 amide bonds. The number of nitro groups is 1. The van der Waals surface area contributed by atoms with E-state index in [0.29, 0.717) is 0 Å². The lowest BCUT2D eigenvalue weighted by molar-refractivity contribution is -0.385. The molecule has 0 radical (unpaired) electrons. The van der Waals surface area contributed by atoms with Gasteiger partial charge in [-0.25, -0.2) is 0 Å². The molecular formula is C18H15N3O6. The number of carbonyl (C=O) groups is 2. The molecular weight excluding hydrogens is 354 g/mol. The highest BCUT2D eigenvalue weighted by atomic mass is 16.6. The Bertz CT molecular complexity index is 946. The number of carbonyl (C=O) groups excluding carboxylic acids is 2. The van der Waals surface area contributed by atoms with Crippen LogP contribution < -0.4 is 0 Å². The van der Waals surface area contributed by atoms with Crippen LogP contribution in [-0.4, -0.2) is 38.2 Å². The van der Waals surface area contributed by atoms with Crippen molar-refractivity contribution in [3.63, 3.8) is 0 Å². The first-order valence-corrected chi connectivity index (χ1v) is 8.65. The smallest absolute Gasteiger partial charge is 0.311 e. The monoisotopic (exact) mass is 369 g/mol. The number of hydrogen-bond acceptors (Lipinski definition) is 7. The third kappa shape index (κ3) is 1.91. The molecule has 1 aliphatic heterocycles. The highest BCUT2D eigenvalue weighted by Crippen LogP contribution is 2.73. The van der Waals surface area contributed by atoms with Crippen LogP contribution >= 0.6 is 0 Å². The first kappa shape index (κ1) is 16.0. The Kier molecular flexibility index (Phi) is 2.92. The molecule has 0 unspecified atom stereocenters. The molecule has 27 heavy (non-hydrogen) atoms. The molecule has 1 heterocycles. The Morgan fingerprint density at radius 2 is 1.70 bits per heavy atom. The predicted octanol–water partition coefficient (Wildman–Crippen LogP) is 1.54. The van der Waals surface area contributed by atoms with Crippen LogP contribution in [0.4, 0.5) is 5.69 Å². The van der Waals surface area contributed by atoms with Crippen LogP contribution in [0, 0.1) is 39.2 Å². The molecule has 3 fully saturated rings. The summed E-state index contributed by atoms with van der Waals surface area (Å²) in [5, 5.41) is 35.0. The van der Waals surface area contributed by atoms with Gasteiger partial charge in [0.15, 0.2) is 5.75 Å². The second-order valence-corrected chi connectivity index (χ2v) is 7.61. The number of rotatable bonds is 3. The van der Waals surface area contributed by atoms with Gasteiger partial charge in [-0.3, -0.25) is 19.7 Å². The molecule has 9 heteroatoms. The number of nitro benzene ring substituents is 1. The number of imide groups is 1. The highest BCUT2D eigenvalue weighted by molar-refractivity contribution is 6.07. The molecule has 5 rings (SSSR count). The van der Waals surface area contributed by atoms with Crippen molar-refractivity contribution >= 4 is 23.7 Å². The summed E-state index contributed by atoms with van der Waals surface area (Å²) in [6.07, 6.45) is 7.20. The Balaban J connectivity index is 1.45. The molecule has 2 saturated carbocycles. The first-order chi connectivity index (χ1) is 12.8. The van der Waals surface area contributed by atoms with E-state index in [4.69, 9.17) is 0 Å². The maximum absolute atomic E-state index is 12.8. The second kappa shape index (κ2) is 4.93. The second-order valence-electron chi connectivity index (χ2n) is 7.61. The van der Waals surface area contributed by atoms with Gasteiger partial charge in [-0.2, -0.15) is 10.1 Å². The van der Waals surface area contributed by atoms with Gasteiger partial charge in [0, 0.05) is 17.7 Å². The summed E-state index contributed by atoms with van der Waals surface area (Å²) < 4.78 is 0. The number of hydrogen-bond donors (Lipinski definition) is 2. The Labute approximate surface area is 152 Å². The van der Waals surface area contributed by atoms with Crippen molar-refractivity contribution in [2.24, 2.45) is 34.2 Å². The molecule has 2 bridgehead atoms. The van der Waals surface area contributed by atoms with E-state index < -0.39 is 33.9 Å². The molecule has 3 aliphatic carbocycles. The van der Waals surface area contributed by atoms with Gasteiger partial charge in [0.05, 0.1) is 23.0 Å². The van der Waals surface area contributed by atoms with Crippen molar-refractivity contribution in [3.05, 3.63) is 40.0 Å². The summed E-state index contributed by atoms with van der Waals surface area (Å²) >= 11 is 0. The summed E-state index contributed by atoms with van der Waals surface area (Å²) in [5.41, 5.74) is -0.591. The fourth-order valence-electron chi connectivity index (χ4n) is 5.13. The first-order valence-electron chi connectivity index (χ1n) is 8.65. The number of amides is 2. The largest absolute Gasteiger partial charge is 0.507 e. The zero-order chi connectivity index (χ0) is 19.1. The highest BCUT2D eigenvalue weighted by Gasteiger charge is 2.73. The predicted molar refractivity (Wildman–Crippen MR) is 90.6 cm³/mol. The van der Waals surface area contributed by atoms with E-state index in [9.17, 15) is 29.9 Å². The van der Waals surface area contributed by atoms with E-state index in [1.54, 1.807) is 0 Å². The van der Waals surface area contributed by atoms with Gasteiger partial charge in [-0.15, -0.1) is 0 Å². The molecule has 138 valence electrons. The standard InChI is InChI=1S/C18H15N3O6/c22-12-6-13(23)11(21(26)27)5-8(12)7-19-20-16(24)14-9-1-2-10(15(14)17(20)25)18(9)3-4-18/h1-2,5-7,9-10,14-15,22-23H,3-4H2/b19-7-/t9-,10+,14+,15-. The summed E-state index contributed by atoms with van der Waals surface area (Å²) in [5.74, 6) is -2.49. The number of aromatic hydroxyl groups is 2. The normalized spacial score (nSPS) is 32.1. The van der Waals surface area contributed by atoms with E-state index in [1.165, 1.54) is 0 Å². The van der Waals surface area contributed by atoms with Crippen LogP contribution in [-0.2, 0) is 9.59 Å². The Hall–Kier alpha value is -3.23. The van der Waals surface area contributed by atoms with Crippen LogP contribution in [0.15, 0.2) is 29.4 Å². The van der Waals surface area contributed by atoms with Crippen molar-refractivity contribution in [1.29, 1.82) is 0 Å². The van der Waals surface area contributed by atoms with E-state index in [1.807, 2.05) is 12.2 Å². The Morgan fingerprint density at radius 3 is 2.22 bits per heavy atom. The van der Waals surface area contributed by atoms with Gasteiger partial charge < -0.3 is 10.2 Å². The molecule has 0 aromatic heterocycles. The van der Waals surface area contributed by atoms with E-state index in [-0.39, 0.29) is 34.6 Å². The topological polar surface area (TPSA) is 133 Å². The molecule has 1 aromatic carbocycles. The fourth-order valence-corrected chi connectivity index (χ4v) is 5.13. The average molecular weight is 369 g/mol. The zero-order valence-electron chi connectivity index (χ0n) is 14.0. The molecule has 1 saturated heterocycles. The van der Waals surface area contributed by atoms with Gasteiger partial charge in [0.25, 0.3) is 11.8 Å². The third-order valence-electron chi connectivity index (χ3n) is 6.46. The molecule has 4 aliphatic rings. The number of hydrazone groups is 1. The van der Waals surface area contributed by atoms with Crippen LogP contribution in [0.5, 0.6) is 11.5 Å². The van der Waals surface area contributed by atoms with E-state index >= 15 is 0 Å². The maximum Gasteiger partial charge on any atom is 0.311 e. The summed E-state index contributed by atoms with van der Waals surface area (Å²) in [7, 11) is 0. The van der Waals surface area contributed by atoms with Crippen LogP contribution in [0.2, 0.25) is 0 Å². The van der Waals surface area contributed by atoms with Crippen molar-refractivity contribution in [2.75, 3.05) is 0 Å². The number of nitrogens with zero attached hydrogens (tertiary/aromatic N) is 3. The van der Waals surface area contributed by atoms with Crippen molar-refractivity contribution < 1.29 is 24.7 Å². The quantitative estimate of drug-likeness (QED) is 0.273. The maximum atomic E-state index is 12.8. The van der Waals surface area contributed by atoms with E-state index in [0.717, 1.165) is 36.2 Å². The molecule has 4 atom stereocenters. The average Bonchev–Trinajstić information content (AvgIpc) is 3.21. The third-order valence-corrected chi connectivity index (χ3v) is 6.46. The summed E-state index contributed by atoms with van der Waals surface area (Å²) in [6, 6.07) is 1.76. The van der Waals surface area contributed by atoms with Crippen LogP contribution in [0.1, 0.15) is 18.4 Å². The number of benzene rings is 1. The van der Waals surface area contributed by atoms with Crippen molar-refractivity contribution in [2.45, 2.75) is 12.8 Å². The van der Waals surface area contributed by atoms with Crippen molar-refractivity contribution in [3.8, 4) is 11.5 Å². The van der Waals surface area contributed by atoms with Gasteiger partial charge in [0.2, 0.25) is 0 Å². The molecule has 9 nitrogen and oxygen atoms in total. The lowest BCUT2D eigenvalue weighted by Crippen LogP contribution is -2.30. The SMILES string of the molecule is O=C1[C@@H]2[C@H](C(=O)N1/N=C\c1cc([N+](=O)[O-])c(O)cc1O)[C@@H]1C=C[C@H]2C12CC2. The minimum atomic E-state index is -0.804. The minimum Gasteiger partial charge on any atom is -0.507 e. The van der Waals surface area contributed by atoms with E-state index in [2.05, 4.69) is 5.10 Å². The lowest BCUT2D eigenvalue weighted by atomic mass is 9.85. The van der Waals surface area contributed by atoms with Gasteiger partial charge >= 0.3 is 5.69 Å². The van der Waals surface area contributed by atoms with Gasteiger partial charge in [-0.05, 0) is 30.1 Å². The van der Waals surface area contributed by atoms with Crippen LogP contribution in [0.25, 0.3) is 0 Å². The molecule has 2 N–H and O–H groups in total. The molecule has 1 aromatic rings. The van der Waals surface area contributed by atoms with Crippen LogP contribution in [0.3, 0.4) is 0 Å². The van der Waals surface area contributed by atoms with Gasteiger partial charge in [-0.1, -0.05) is 12.2 Å². The number of phenolic OH excluding ortho intramolecular Hbond substituents is 2. The van der Waals surface area contributed by atoms with Crippen molar-refractivity contribution in [1.82, 2.24) is 5.01 Å².